The Kier molecular flexibility index (Phi) is 6.11. The average molecular weight is 311 g/mol. The third-order valence-corrected chi connectivity index (χ3v) is 6.45. The van der Waals surface area contributed by atoms with E-state index < -0.39 is 10.2 Å². The first-order valence-electron chi connectivity index (χ1n) is 6.96. The molecule has 1 rings (SSSR count). The Labute approximate surface area is 123 Å². The van der Waals surface area contributed by atoms with Crippen molar-refractivity contribution in [1.29, 1.82) is 0 Å². The minimum Gasteiger partial charge on any atom is -0.195 e. The predicted molar refractivity (Wildman–Crippen MR) is 80.7 cm³/mol. The molecule has 4 nitrogen and oxygen atoms in total. The van der Waals surface area contributed by atoms with E-state index in [1.807, 2.05) is 0 Å². The van der Waals surface area contributed by atoms with Crippen LogP contribution in [0, 0.1) is 5.41 Å². The number of nitrogens with zero attached hydrogens (tertiary/aromatic N) is 2. The second kappa shape index (κ2) is 6.74. The molecule has 1 aliphatic carbocycles. The molecule has 0 aromatic carbocycles. The molecule has 0 radical (unpaired) electrons. The van der Waals surface area contributed by atoms with Gasteiger partial charge in [0.2, 0.25) is 0 Å². The molecule has 0 bridgehead atoms. The molecule has 1 fully saturated rings. The molecule has 0 aromatic heterocycles. The van der Waals surface area contributed by atoms with Crippen LogP contribution in [0.2, 0.25) is 0 Å². The zero-order valence-electron chi connectivity index (χ0n) is 12.5. The van der Waals surface area contributed by atoms with Crippen LogP contribution in [0.5, 0.6) is 0 Å². The third kappa shape index (κ3) is 4.59. The van der Waals surface area contributed by atoms with Crippen LogP contribution in [0.4, 0.5) is 0 Å². The van der Waals surface area contributed by atoms with Gasteiger partial charge in [0.1, 0.15) is 0 Å². The average Bonchev–Trinajstić information content (AvgIpc) is 2.35. The molecule has 114 valence electrons. The maximum atomic E-state index is 12.4. The van der Waals surface area contributed by atoms with Gasteiger partial charge in [-0.15, -0.1) is 11.6 Å². The van der Waals surface area contributed by atoms with Gasteiger partial charge in [-0.1, -0.05) is 13.8 Å². The summed E-state index contributed by atoms with van der Waals surface area (Å²) in [6.07, 6.45) is 4.76. The zero-order valence-corrected chi connectivity index (χ0v) is 14.1. The normalized spacial score (nSPS) is 21.2. The van der Waals surface area contributed by atoms with E-state index in [1.54, 1.807) is 18.4 Å². The fraction of sp³-hybridized carbons (Fsp3) is 1.00. The van der Waals surface area contributed by atoms with Gasteiger partial charge in [0.25, 0.3) is 10.2 Å². The van der Waals surface area contributed by atoms with E-state index in [4.69, 9.17) is 11.6 Å². The molecule has 0 amide bonds. The van der Waals surface area contributed by atoms with E-state index >= 15 is 0 Å². The van der Waals surface area contributed by atoms with Crippen LogP contribution in [-0.2, 0) is 10.2 Å². The molecule has 0 saturated heterocycles. The van der Waals surface area contributed by atoms with Crippen molar-refractivity contribution in [3.8, 4) is 0 Å². The summed E-state index contributed by atoms with van der Waals surface area (Å²) in [7, 11) is -0.00612. The quantitative estimate of drug-likeness (QED) is 0.708. The number of alkyl halides is 1. The lowest BCUT2D eigenvalue weighted by Crippen LogP contribution is -2.47. The van der Waals surface area contributed by atoms with Gasteiger partial charge < -0.3 is 0 Å². The van der Waals surface area contributed by atoms with E-state index in [9.17, 15) is 8.42 Å². The smallest absolute Gasteiger partial charge is 0.195 e. The molecule has 0 aliphatic heterocycles. The topological polar surface area (TPSA) is 40.6 Å². The van der Waals surface area contributed by atoms with Crippen molar-refractivity contribution in [1.82, 2.24) is 8.61 Å². The highest BCUT2D eigenvalue weighted by Crippen LogP contribution is 2.37. The third-order valence-electron chi connectivity index (χ3n) is 4.19. The van der Waals surface area contributed by atoms with Gasteiger partial charge >= 0.3 is 0 Å². The second-order valence-corrected chi connectivity index (χ2v) is 8.76. The lowest BCUT2D eigenvalue weighted by atomic mass is 9.76. The van der Waals surface area contributed by atoms with Gasteiger partial charge in [-0.3, -0.25) is 0 Å². The number of hydrogen-bond donors (Lipinski definition) is 0. The maximum Gasteiger partial charge on any atom is 0.281 e. The van der Waals surface area contributed by atoms with E-state index in [0.717, 1.165) is 25.7 Å². The van der Waals surface area contributed by atoms with Crippen LogP contribution in [0.15, 0.2) is 0 Å². The Morgan fingerprint density at radius 2 is 1.74 bits per heavy atom. The van der Waals surface area contributed by atoms with Crippen molar-refractivity contribution >= 4 is 21.8 Å². The van der Waals surface area contributed by atoms with Crippen molar-refractivity contribution < 1.29 is 8.42 Å². The standard InChI is InChI=1S/C13H27ClN2O2S/c1-13(2)8-6-12(7-9-13)16(4)19(17,18)15(3)11-5-10-14/h12H,5-11H2,1-4H3. The monoisotopic (exact) mass is 310 g/mol. The SMILES string of the molecule is CN(CCCCl)S(=O)(=O)N(C)C1CCC(C)(C)CC1. The Morgan fingerprint density at radius 3 is 2.21 bits per heavy atom. The van der Waals surface area contributed by atoms with Gasteiger partial charge in [-0.2, -0.15) is 17.0 Å². The lowest BCUT2D eigenvalue weighted by molar-refractivity contribution is 0.170. The summed E-state index contributed by atoms with van der Waals surface area (Å²) in [6.45, 7) is 4.99. The molecular weight excluding hydrogens is 284 g/mol. The van der Waals surface area contributed by atoms with Crippen molar-refractivity contribution in [2.45, 2.75) is 52.0 Å². The Bertz CT molecular complexity index is 374. The summed E-state index contributed by atoms with van der Waals surface area (Å²) in [4.78, 5) is 0. The fourth-order valence-corrected chi connectivity index (χ4v) is 4.06. The molecule has 0 aromatic rings. The molecule has 6 heteroatoms. The first-order chi connectivity index (χ1) is 8.70. The molecule has 19 heavy (non-hydrogen) atoms. The molecule has 1 aliphatic rings. The highest BCUT2D eigenvalue weighted by atomic mass is 35.5. The molecule has 0 spiro atoms. The Hall–Kier alpha value is 0.160. The predicted octanol–water partition coefficient (Wildman–Crippen LogP) is 2.69. The molecular formula is C13H27ClN2O2S. The van der Waals surface area contributed by atoms with Gasteiger partial charge in [0.05, 0.1) is 0 Å². The highest BCUT2D eigenvalue weighted by molar-refractivity contribution is 7.86. The minimum absolute atomic E-state index is 0.136. The van der Waals surface area contributed by atoms with Crippen LogP contribution >= 0.6 is 11.6 Å². The molecule has 0 N–H and O–H groups in total. The maximum absolute atomic E-state index is 12.4. The van der Waals surface area contributed by atoms with Gasteiger partial charge in [0.15, 0.2) is 0 Å². The fourth-order valence-electron chi connectivity index (χ4n) is 2.55. The lowest BCUT2D eigenvalue weighted by Gasteiger charge is -2.39. The number of rotatable bonds is 6. The zero-order chi connectivity index (χ0) is 14.7. The molecule has 1 saturated carbocycles. The van der Waals surface area contributed by atoms with Crippen molar-refractivity contribution in [2.24, 2.45) is 5.41 Å². The summed E-state index contributed by atoms with van der Waals surface area (Å²) in [6, 6.07) is 0.136. The first-order valence-corrected chi connectivity index (χ1v) is 8.89. The van der Waals surface area contributed by atoms with Gasteiger partial charge in [-0.05, 0) is 37.5 Å². The Balaban J connectivity index is 2.63. The van der Waals surface area contributed by atoms with E-state index in [-0.39, 0.29) is 6.04 Å². The summed E-state index contributed by atoms with van der Waals surface area (Å²) in [5.41, 5.74) is 0.353. The van der Waals surface area contributed by atoms with Crippen molar-refractivity contribution in [3.63, 3.8) is 0 Å². The van der Waals surface area contributed by atoms with E-state index in [1.165, 1.54) is 4.31 Å². The van der Waals surface area contributed by atoms with E-state index in [2.05, 4.69) is 13.8 Å². The molecule has 0 atom stereocenters. The van der Waals surface area contributed by atoms with E-state index in [0.29, 0.717) is 24.3 Å². The van der Waals surface area contributed by atoms with Crippen LogP contribution < -0.4 is 0 Å². The van der Waals surface area contributed by atoms with Crippen molar-refractivity contribution in [3.05, 3.63) is 0 Å². The van der Waals surface area contributed by atoms with Crippen molar-refractivity contribution in [2.75, 3.05) is 26.5 Å². The second-order valence-electron chi connectivity index (χ2n) is 6.28. The number of halogens is 1. The highest BCUT2D eigenvalue weighted by Gasteiger charge is 2.34. The van der Waals surface area contributed by atoms with Crippen LogP contribution in [0.25, 0.3) is 0 Å². The van der Waals surface area contributed by atoms with Crippen LogP contribution in [0.3, 0.4) is 0 Å². The molecule has 0 heterocycles. The summed E-state index contributed by atoms with van der Waals surface area (Å²) < 4.78 is 27.8. The van der Waals surface area contributed by atoms with Gasteiger partial charge in [0, 0.05) is 32.6 Å². The molecule has 0 unspecified atom stereocenters. The van der Waals surface area contributed by atoms with Gasteiger partial charge in [-0.25, -0.2) is 0 Å². The number of hydrogen-bond acceptors (Lipinski definition) is 2. The summed E-state index contributed by atoms with van der Waals surface area (Å²) in [5.74, 6) is 0.487. The summed E-state index contributed by atoms with van der Waals surface area (Å²) >= 11 is 5.62. The minimum atomic E-state index is -3.34. The van der Waals surface area contributed by atoms with Crippen LogP contribution in [-0.4, -0.2) is 49.6 Å². The largest absolute Gasteiger partial charge is 0.281 e. The first kappa shape index (κ1) is 17.2. The summed E-state index contributed by atoms with van der Waals surface area (Å²) in [5, 5.41) is 0. The Morgan fingerprint density at radius 1 is 1.21 bits per heavy atom. The van der Waals surface area contributed by atoms with Crippen LogP contribution in [0.1, 0.15) is 46.0 Å².